The molecule has 0 unspecified atom stereocenters. The topological polar surface area (TPSA) is 97.4 Å². The minimum atomic E-state index is -0.896. The van der Waals surface area contributed by atoms with Crippen LogP contribution in [0, 0.1) is 0 Å². The van der Waals surface area contributed by atoms with Crippen molar-refractivity contribution in [2.24, 2.45) is 5.73 Å². The molecule has 0 aliphatic heterocycles. The molecule has 0 fully saturated rings. The number of imide groups is 1. The first kappa shape index (κ1) is 17.4. The Hall–Kier alpha value is -3.38. The molecule has 0 saturated heterocycles. The number of hydrogen-bond donors (Lipinski definition) is 3. The molecule has 1 heterocycles. The molecule has 3 rings (SSSR count). The first-order chi connectivity index (χ1) is 12.6. The summed E-state index contributed by atoms with van der Waals surface area (Å²) in [5, 5.41) is 5.43. The van der Waals surface area contributed by atoms with Crippen molar-refractivity contribution in [2.45, 2.75) is 12.1 Å². The molecule has 1 aromatic heterocycles. The van der Waals surface area contributed by atoms with Gasteiger partial charge in [-0.25, -0.2) is 4.79 Å². The van der Waals surface area contributed by atoms with Crippen molar-refractivity contribution in [3.8, 4) is 0 Å². The Bertz CT molecular complexity index is 849. The van der Waals surface area contributed by atoms with E-state index in [0.717, 1.165) is 5.56 Å². The molecule has 0 radical (unpaired) electrons. The number of urea groups is 1. The van der Waals surface area contributed by atoms with Crippen molar-refractivity contribution < 1.29 is 14.0 Å². The number of primary amides is 1. The van der Waals surface area contributed by atoms with Gasteiger partial charge in [-0.1, -0.05) is 60.7 Å². The van der Waals surface area contributed by atoms with Gasteiger partial charge < -0.3 is 10.2 Å². The molecule has 0 aliphatic carbocycles. The van der Waals surface area contributed by atoms with Gasteiger partial charge in [-0.2, -0.15) is 0 Å². The monoisotopic (exact) mass is 349 g/mol. The van der Waals surface area contributed by atoms with Gasteiger partial charge in [-0.05, 0) is 23.3 Å². The molecule has 6 nitrogen and oxygen atoms in total. The fourth-order valence-electron chi connectivity index (χ4n) is 2.77. The van der Waals surface area contributed by atoms with Crippen LogP contribution in [0.25, 0.3) is 0 Å². The zero-order valence-corrected chi connectivity index (χ0v) is 14.0. The van der Waals surface area contributed by atoms with Gasteiger partial charge in [-0.3, -0.25) is 15.4 Å². The zero-order valence-electron chi connectivity index (χ0n) is 14.0. The smallest absolute Gasteiger partial charge is 0.318 e. The highest BCUT2D eigenvalue weighted by Crippen LogP contribution is 2.26. The number of rotatable bonds is 6. The number of carbonyl (C=O) groups excluding carboxylic acids is 2. The third-order valence-corrected chi connectivity index (χ3v) is 3.94. The number of amides is 3. The number of nitrogens with one attached hydrogen (secondary N) is 2. The Balaban J connectivity index is 1.97. The van der Waals surface area contributed by atoms with Gasteiger partial charge in [0.2, 0.25) is 5.91 Å². The molecule has 4 N–H and O–H groups in total. The van der Waals surface area contributed by atoms with E-state index in [2.05, 4.69) is 10.6 Å². The molecule has 2 aromatic carbocycles. The quantitative estimate of drug-likeness (QED) is 0.637. The summed E-state index contributed by atoms with van der Waals surface area (Å²) in [6.07, 6.45) is 1.58. The molecule has 3 amide bonds. The van der Waals surface area contributed by atoms with Crippen LogP contribution in [-0.4, -0.2) is 11.9 Å². The van der Waals surface area contributed by atoms with E-state index in [9.17, 15) is 9.59 Å². The fraction of sp³-hybridized carbons (Fsp3) is 0.100. The lowest BCUT2D eigenvalue weighted by atomic mass is 10.00. The molecule has 6 heteroatoms. The average Bonchev–Trinajstić information content (AvgIpc) is 3.17. The minimum absolute atomic E-state index is 0.380. The SMILES string of the molecule is NC(=O)NC(=O)[C@@H](N[C@@H](c1ccccc1)c1ccco1)c1ccccc1. The van der Waals surface area contributed by atoms with Crippen LogP contribution >= 0.6 is 0 Å². The van der Waals surface area contributed by atoms with E-state index in [1.54, 1.807) is 12.3 Å². The van der Waals surface area contributed by atoms with E-state index in [4.69, 9.17) is 10.2 Å². The Kier molecular flexibility index (Phi) is 5.46. The van der Waals surface area contributed by atoms with Crippen molar-refractivity contribution in [2.75, 3.05) is 0 Å². The van der Waals surface area contributed by atoms with Crippen molar-refractivity contribution in [3.05, 3.63) is 95.9 Å². The van der Waals surface area contributed by atoms with E-state index < -0.39 is 18.0 Å². The van der Waals surface area contributed by atoms with Gasteiger partial charge >= 0.3 is 6.03 Å². The van der Waals surface area contributed by atoms with Gasteiger partial charge in [0.1, 0.15) is 11.8 Å². The van der Waals surface area contributed by atoms with Crippen LogP contribution in [0.4, 0.5) is 4.79 Å². The van der Waals surface area contributed by atoms with Crippen LogP contribution in [0.1, 0.15) is 29.0 Å². The second kappa shape index (κ2) is 8.13. The number of furan rings is 1. The van der Waals surface area contributed by atoms with E-state index in [1.807, 2.05) is 66.7 Å². The first-order valence-electron chi connectivity index (χ1n) is 8.15. The summed E-state index contributed by atoms with van der Waals surface area (Å²) in [5.41, 5.74) is 6.76. The summed E-state index contributed by atoms with van der Waals surface area (Å²) in [6.45, 7) is 0. The van der Waals surface area contributed by atoms with Crippen LogP contribution in [0.15, 0.2) is 83.5 Å². The van der Waals surface area contributed by atoms with Crippen LogP contribution < -0.4 is 16.4 Å². The second-order valence-corrected chi connectivity index (χ2v) is 5.72. The summed E-state index contributed by atoms with van der Waals surface area (Å²) in [5.74, 6) is 0.125. The van der Waals surface area contributed by atoms with E-state index >= 15 is 0 Å². The normalized spacial score (nSPS) is 12.9. The van der Waals surface area contributed by atoms with Crippen LogP contribution in [0.5, 0.6) is 0 Å². The molecule has 0 aliphatic rings. The fourth-order valence-corrected chi connectivity index (χ4v) is 2.77. The summed E-state index contributed by atoms with van der Waals surface area (Å²) >= 11 is 0. The lowest BCUT2D eigenvalue weighted by Crippen LogP contribution is -2.44. The average molecular weight is 349 g/mol. The predicted molar refractivity (Wildman–Crippen MR) is 97.0 cm³/mol. The predicted octanol–water partition coefficient (Wildman–Crippen LogP) is 2.89. The van der Waals surface area contributed by atoms with Crippen molar-refractivity contribution >= 4 is 11.9 Å². The van der Waals surface area contributed by atoms with E-state index in [0.29, 0.717) is 11.3 Å². The maximum absolute atomic E-state index is 12.6. The first-order valence-corrected chi connectivity index (χ1v) is 8.15. The molecule has 26 heavy (non-hydrogen) atoms. The van der Waals surface area contributed by atoms with Crippen molar-refractivity contribution in [3.63, 3.8) is 0 Å². The summed E-state index contributed by atoms with van der Waals surface area (Å²) < 4.78 is 5.56. The van der Waals surface area contributed by atoms with Gasteiger partial charge in [0, 0.05) is 0 Å². The second-order valence-electron chi connectivity index (χ2n) is 5.72. The van der Waals surface area contributed by atoms with E-state index in [-0.39, 0.29) is 6.04 Å². The maximum Gasteiger partial charge on any atom is 0.318 e. The third-order valence-electron chi connectivity index (χ3n) is 3.94. The maximum atomic E-state index is 12.6. The highest BCUT2D eigenvalue weighted by atomic mass is 16.3. The van der Waals surface area contributed by atoms with Gasteiger partial charge in [-0.15, -0.1) is 0 Å². The highest BCUT2D eigenvalue weighted by Gasteiger charge is 2.27. The Morgan fingerprint density at radius 2 is 1.46 bits per heavy atom. The molecular weight excluding hydrogens is 330 g/mol. The molecule has 0 bridgehead atoms. The third kappa shape index (κ3) is 4.17. The Morgan fingerprint density at radius 3 is 2.00 bits per heavy atom. The number of nitrogens with two attached hydrogens (primary N) is 1. The van der Waals surface area contributed by atoms with Crippen LogP contribution in [0.3, 0.4) is 0 Å². The van der Waals surface area contributed by atoms with Gasteiger partial charge in [0.15, 0.2) is 0 Å². The molecular formula is C20H19N3O3. The van der Waals surface area contributed by atoms with Gasteiger partial charge in [0.25, 0.3) is 0 Å². The number of benzene rings is 2. The zero-order chi connectivity index (χ0) is 18.4. The molecule has 3 aromatic rings. The lowest BCUT2D eigenvalue weighted by Gasteiger charge is -2.24. The van der Waals surface area contributed by atoms with Crippen LogP contribution in [-0.2, 0) is 4.79 Å². The minimum Gasteiger partial charge on any atom is -0.467 e. The summed E-state index contributed by atoms with van der Waals surface area (Å²) in [6, 6.07) is 20.3. The largest absolute Gasteiger partial charge is 0.467 e. The summed E-state index contributed by atoms with van der Waals surface area (Å²) in [7, 11) is 0. The molecule has 0 spiro atoms. The van der Waals surface area contributed by atoms with E-state index in [1.165, 1.54) is 0 Å². The molecule has 0 saturated carbocycles. The van der Waals surface area contributed by atoms with Gasteiger partial charge in [0.05, 0.1) is 12.3 Å². The standard InChI is InChI=1S/C20H19N3O3/c21-20(25)23-19(24)18(15-10-5-2-6-11-15)22-17(16-12-7-13-26-16)14-8-3-1-4-9-14/h1-13,17-18,22H,(H3,21,23,24,25)/t17-,18-/m0/s1. The summed E-state index contributed by atoms with van der Waals surface area (Å²) in [4.78, 5) is 23.8. The number of hydrogen-bond acceptors (Lipinski definition) is 4. The Morgan fingerprint density at radius 1 is 0.846 bits per heavy atom. The number of carbonyl (C=O) groups is 2. The highest BCUT2D eigenvalue weighted by molar-refractivity contribution is 5.96. The van der Waals surface area contributed by atoms with Crippen LogP contribution in [0.2, 0.25) is 0 Å². The molecule has 2 atom stereocenters. The van der Waals surface area contributed by atoms with Crippen molar-refractivity contribution in [1.29, 1.82) is 0 Å². The lowest BCUT2D eigenvalue weighted by molar-refractivity contribution is -0.122. The molecule has 132 valence electrons. The Labute approximate surface area is 151 Å². The van der Waals surface area contributed by atoms with Crippen molar-refractivity contribution in [1.82, 2.24) is 10.6 Å².